The number of carbonyl (C=O) groups is 2. The fraction of sp³-hybridized carbons (Fsp3) is 0.500. The van der Waals surface area contributed by atoms with Crippen LogP contribution in [0.15, 0.2) is 24.4 Å². The number of nitrogens with zero attached hydrogens (tertiary/aromatic N) is 3. The van der Waals surface area contributed by atoms with Gasteiger partial charge in [-0.15, -0.1) is 0 Å². The summed E-state index contributed by atoms with van der Waals surface area (Å²) in [6.45, 7) is 13.7. The third kappa shape index (κ3) is 5.67. The van der Waals surface area contributed by atoms with Gasteiger partial charge in [-0.25, -0.2) is 4.98 Å². The van der Waals surface area contributed by atoms with E-state index in [4.69, 9.17) is 4.74 Å². The monoisotopic (exact) mass is 495 g/mol. The Morgan fingerprint density at radius 2 is 1.80 bits per heavy atom. The summed E-state index contributed by atoms with van der Waals surface area (Å²) in [6.07, 6.45) is 3.06. The van der Waals surface area contributed by atoms with E-state index in [9.17, 15) is 9.59 Å². The van der Waals surface area contributed by atoms with Gasteiger partial charge in [-0.05, 0) is 79.0 Å². The molecule has 0 atom stereocenters. The van der Waals surface area contributed by atoms with Gasteiger partial charge in [-0.3, -0.25) is 9.59 Å². The molecular weight excluding hydrogens is 462 g/mol. The fourth-order valence-electron chi connectivity index (χ4n) is 4.92. The van der Waals surface area contributed by atoms with E-state index in [-0.39, 0.29) is 35.0 Å². The first-order valence-electron chi connectivity index (χ1n) is 11.9. The predicted octanol–water partition coefficient (Wildman–Crippen LogP) is 5.12. The molecule has 0 radical (unpaired) electrons. The van der Waals surface area contributed by atoms with Crippen LogP contribution in [0, 0.1) is 12.8 Å². The topological polar surface area (TPSA) is 106 Å². The number of carbonyl (C=O) groups excluding carboxylic acids is 2. The third-order valence-corrected chi connectivity index (χ3v) is 6.96. The van der Waals surface area contributed by atoms with E-state index in [0.29, 0.717) is 34.7 Å². The molecule has 1 aliphatic rings. The molecule has 0 spiro atoms. The van der Waals surface area contributed by atoms with Crippen LogP contribution in [0.5, 0.6) is 0 Å². The summed E-state index contributed by atoms with van der Waals surface area (Å²) >= 11 is 1.40. The Bertz CT molecular complexity index is 1270. The van der Waals surface area contributed by atoms with Gasteiger partial charge in [0.25, 0.3) is 5.91 Å². The van der Waals surface area contributed by atoms with Crippen molar-refractivity contribution in [3.8, 4) is 10.4 Å². The lowest BCUT2D eigenvalue weighted by molar-refractivity contribution is -0.176. The van der Waals surface area contributed by atoms with E-state index < -0.39 is 0 Å². The first-order valence-corrected chi connectivity index (χ1v) is 12.7. The minimum absolute atomic E-state index is 0.00726. The average Bonchev–Trinajstić information content (AvgIpc) is 3.18. The van der Waals surface area contributed by atoms with Gasteiger partial charge in [0.15, 0.2) is 5.13 Å². The Morgan fingerprint density at radius 1 is 1.11 bits per heavy atom. The normalized spacial score (nSPS) is 17.5. The standard InChI is InChI=1S/C26H33N5O3S/c1-14(2)28-23(33)21-15(3)30-31-19-9-8-16(10-18(19)21)20-13-27-24(35-20)29-22(32)17-11-25(4,5)34-26(6,7)12-17/h8-10,13-14,17H,11-12H2,1-7H3,(H,28,33)(H,27,29,32). The summed E-state index contributed by atoms with van der Waals surface area (Å²) in [6, 6.07) is 5.73. The van der Waals surface area contributed by atoms with E-state index in [0.717, 1.165) is 15.8 Å². The number of thiazole rings is 1. The largest absolute Gasteiger partial charge is 0.370 e. The van der Waals surface area contributed by atoms with Gasteiger partial charge in [0, 0.05) is 23.5 Å². The SMILES string of the molecule is Cc1nnc2ccc(-c3cnc(NC(=O)C4CC(C)(C)OC(C)(C)C4)s3)cc2c1C(=O)NC(C)C. The molecule has 0 bridgehead atoms. The maximum absolute atomic E-state index is 13.0. The van der Waals surface area contributed by atoms with Gasteiger partial charge in [-0.1, -0.05) is 17.4 Å². The minimum atomic E-state index is -0.358. The number of amides is 2. The van der Waals surface area contributed by atoms with Crippen molar-refractivity contribution in [1.29, 1.82) is 0 Å². The molecule has 0 unspecified atom stereocenters. The van der Waals surface area contributed by atoms with E-state index >= 15 is 0 Å². The fourth-order valence-corrected chi connectivity index (χ4v) is 5.74. The highest BCUT2D eigenvalue weighted by atomic mass is 32.1. The summed E-state index contributed by atoms with van der Waals surface area (Å²) in [4.78, 5) is 31.2. The Balaban J connectivity index is 1.58. The van der Waals surface area contributed by atoms with Gasteiger partial charge >= 0.3 is 0 Å². The van der Waals surface area contributed by atoms with Crippen molar-refractivity contribution in [2.75, 3.05) is 5.32 Å². The summed E-state index contributed by atoms with van der Waals surface area (Å²) in [5.74, 6) is -0.355. The Hall–Kier alpha value is -2.91. The number of ether oxygens (including phenoxy) is 1. The molecule has 0 aliphatic carbocycles. The second-order valence-corrected chi connectivity index (χ2v) is 11.8. The van der Waals surface area contributed by atoms with Gasteiger partial charge < -0.3 is 15.4 Å². The van der Waals surface area contributed by atoms with Crippen molar-refractivity contribution in [3.63, 3.8) is 0 Å². The molecule has 186 valence electrons. The first-order chi connectivity index (χ1) is 16.3. The molecule has 8 nitrogen and oxygen atoms in total. The highest BCUT2D eigenvalue weighted by Gasteiger charge is 2.42. The number of aromatic nitrogens is 3. The molecule has 9 heteroatoms. The van der Waals surface area contributed by atoms with Crippen molar-refractivity contribution in [2.45, 2.75) is 78.6 Å². The van der Waals surface area contributed by atoms with Crippen molar-refractivity contribution in [1.82, 2.24) is 20.5 Å². The van der Waals surface area contributed by atoms with Crippen LogP contribution in [0.1, 0.15) is 70.4 Å². The molecule has 1 saturated heterocycles. The predicted molar refractivity (Wildman–Crippen MR) is 139 cm³/mol. The third-order valence-electron chi connectivity index (χ3n) is 6.00. The molecule has 1 aliphatic heterocycles. The smallest absolute Gasteiger partial charge is 0.254 e. The maximum Gasteiger partial charge on any atom is 0.254 e. The summed E-state index contributed by atoms with van der Waals surface area (Å²) in [5.41, 5.74) is 1.93. The lowest BCUT2D eigenvalue weighted by Gasteiger charge is -2.44. The van der Waals surface area contributed by atoms with Crippen LogP contribution in [0.25, 0.3) is 21.3 Å². The second-order valence-electron chi connectivity index (χ2n) is 10.8. The average molecular weight is 496 g/mol. The number of aryl methyl sites for hydroxylation is 1. The molecule has 2 N–H and O–H groups in total. The zero-order valence-electron chi connectivity index (χ0n) is 21.4. The van der Waals surface area contributed by atoms with Crippen molar-refractivity contribution in [2.24, 2.45) is 5.92 Å². The maximum atomic E-state index is 13.0. The van der Waals surface area contributed by atoms with Crippen LogP contribution in [0.3, 0.4) is 0 Å². The number of benzene rings is 1. The number of anilines is 1. The summed E-state index contributed by atoms with van der Waals surface area (Å²) in [5, 5.41) is 15.6. The quantitative estimate of drug-likeness (QED) is 0.509. The van der Waals surface area contributed by atoms with Crippen LogP contribution in [0.2, 0.25) is 0 Å². The van der Waals surface area contributed by atoms with Crippen molar-refractivity contribution >= 4 is 39.2 Å². The van der Waals surface area contributed by atoms with Crippen LogP contribution < -0.4 is 10.6 Å². The molecule has 3 aromatic rings. The molecule has 4 rings (SSSR count). The van der Waals surface area contributed by atoms with Crippen LogP contribution in [-0.4, -0.2) is 44.2 Å². The number of hydrogen-bond acceptors (Lipinski definition) is 7. The Labute approximate surface area is 209 Å². The molecule has 1 fully saturated rings. The summed E-state index contributed by atoms with van der Waals surface area (Å²) < 4.78 is 6.11. The zero-order chi connectivity index (χ0) is 25.5. The second kappa shape index (κ2) is 9.28. The van der Waals surface area contributed by atoms with Crippen LogP contribution in [0.4, 0.5) is 5.13 Å². The molecule has 1 aromatic carbocycles. The van der Waals surface area contributed by atoms with E-state index in [1.807, 2.05) is 59.7 Å². The first kappa shape index (κ1) is 25.2. The Kier molecular flexibility index (Phi) is 6.68. The van der Waals surface area contributed by atoms with Crippen molar-refractivity contribution in [3.05, 3.63) is 35.7 Å². The van der Waals surface area contributed by atoms with E-state index in [2.05, 4.69) is 25.8 Å². The number of rotatable bonds is 5. The Morgan fingerprint density at radius 3 is 2.46 bits per heavy atom. The van der Waals surface area contributed by atoms with Crippen LogP contribution >= 0.6 is 11.3 Å². The number of fused-ring (bicyclic) bond motifs is 1. The number of nitrogens with one attached hydrogen (secondary N) is 2. The lowest BCUT2D eigenvalue weighted by Crippen LogP contribution is -2.48. The van der Waals surface area contributed by atoms with Gasteiger partial charge in [0.1, 0.15) is 0 Å². The van der Waals surface area contributed by atoms with Crippen LogP contribution in [-0.2, 0) is 9.53 Å². The molecule has 2 amide bonds. The summed E-state index contributed by atoms with van der Waals surface area (Å²) in [7, 11) is 0. The molecule has 3 heterocycles. The molecular formula is C26H33N5O3S. The van der Waals surface area contributed by atoms with E-state index in [1.165, 1.54) is 11.3 Å². The van der Waals surface area contributed by atoms with Crippen molar-refractivity contribution < 1.29 is 14.3 Å². The van der Waals surface area contributed by atoms with Gasteiger partial charge in [0.05, 0.1) is 32.9 Å². The molecule has 35 heavy (non-hydrogen) atoms. The molecule has 2 aromatic heterocycles. The highest BCUT2D eigenvalue weighted by molar-refractivity contribution is 7.19. The highest BCUT2D eigenvalue weighted by Crippen LogP contribution is 2.39. The van der Waals surface area contributed by atoms with Gasteiger partial charge in [-0.2, -0.15) is 10.2 Å². The minimum Gasteiger partial charge on any atom is -0.370 e. The number of hydrogen-bond donors (Lipinski definition) is 2. The van der Waals surface area contributed by atoms with E-state index in [1.54, 1.807) is 13.1 Å². The van der Waals surface area contributed by atoms with Gasteiger partial charge in [0.2, 0.25) is 5.91 Å². The lowest BCUT2D eigenvalue weighted by atomic mass is 9.80. The molecule has 0 saturated carbocycles. The zero-order valence-corrected chi connectivity index (χ0v) is 22.2.